The van der Waals surface area contributed by atoms with Gasteiger partial charge in [-0.05, 0) is 53.9 Å². The molecule has 4 rings (SSSR count). The first-order chi connectivity index (χ1) is 15.7. The molecule has 3 aromatic rings. The Kier molecular flexibility index (Phi) is 5.99. The van der Waals surface area contributed by atoms with Crippen molar-refractivity contribution in [2.45, 2.75) is 25.9 Å². The molecule has 0 spiro atoms. The van der Waals surface area contributed by atoms with Gasteiger partial charge in [-0.25, -0.2) is 0 Å². The molecule has 0 saturated heterocycles. The van der Waals surface area contributed by atoms with Crippen LogP contribution < -0.4 is 15.2 Å². The molecule has 1 aliphatic rings. The molecule has 0 amide bonds. The Hall–Kier alpha value is -3.95. The highest BCUT2D eigenvalue weighted by Gasteiger charge is 2.32. The van der Waals surface area contributed by atoms with Crippen molar-refractivity contribution in [3.8, 4) is 17.5 Å². The predicted octanol–water partition coefficient (Wildman–Crippen LogP) is 4.98. The van der Waals surface area contributed by atoms with E-state index in [-0.39, 0.29) is 23.3 Å². The fraction of sp³-hybridized carbons (Fsp3) is 0.217. The number of aromatic nitrogens is 2. The van der Waals surface area contributed by atoms with Crippen molar-refractivity contribution in [2.24, 2.45) is 10.2 Å². The second-order valence-electron chi connectivity index (χ2n) is 7.45. The average molecular weight is 455 g/mol. The van der Waals surface area contributed by atoms with E-state index in [4.69, 9.17) is 15.2 Å². The standard InChI is InChI=1S/C23H20F3N5O2/c1-13-3-4-14(10-18(13)23(24,25)26)9-16-11-19(31-30-16)15-5-7-17(8-6-15)33-21-12-20(32-2)28-22(27)29-21/h3-8,10,12H,9,11H2,1-2H3,(H2,27,28,29). The van der Waals surface area contributed by atoms with Gasteiger partial charge in [0.1, 0.15) is 5.75 Å². The minimum Gasteiger partial charge on any atom is -0.481 e. The van der Waals surface area contributed by atoms with E-state index >= 15 is 0 Å². The number of benzene rings is 2. The molecule has 33 heavy (non-hydrogen) atoms. The van der Waals surface area contributed by atoms with Crippen LogP contribution in [-0.4, -0.2) is 28.5 Å². The predicted molar refractivity (Wildman–Crippen MR) is 118 cm³/mol. The molecule has 2 N–H and O–H groups in total. The van der Waals surface area contributed by atoms with Gasteiger partial charge in [-0.2, -0.15) is 33.3 Å². The molecule has 1 aromatic heterocycles. The van der Waals surface area contributed by atoms with E-state index < -0.39 is 11.7 Å². The summed E-state index contributed by atoms with van der Waals surface area (Å²) >= 11 is 0. The van der Waals surface area contributed by atoms with Gasteiger partial charge in [0.15, 0.2) is 0 Å². The first-order valence-electron chi connectivity index (χ1n) is 9.97. The summed E-state index contributed by atoms with van der Waals surface area (Å²) in [7, 11) is 1.47. The smallest absolute Gasteiger partial charge is 0.416 e. The highest BCUT2D eigenvalue weighted by atomic mass is 19.4. The van der Waals surface area contributed by atoms with Gasteiger partial charge in [-0.3, -0.25) is 0 Å². The fourth-order valence-electron chi connectivity index (χ4n) is 3.39. The number of anilines is 1. The third-order valence-corrected chi connectivity index (χ3v) is 5.01. The van der Waals surface area contributed by atoms with Gasteiger partial charge in [0.25, 0.3) is 0 Å². The molecule has 0 unspecified atom stereocenters. The van der Waals surface area contributed by atoms with E-state index in [9.17, 15) is 13.2 Å². The van der Waals surface area contributed by atoms with Crippen LogP contribution in [0.3, 0.4) is 0 Å². The number of aryl methyl sites for hydroxylation is 1. The van der Waals surface area contributed by atoms with Gasteiger partial charge in [0, 0.05) is 12.8 Å². The first-order valence-corrected chi connectivity index (χ1v) is 9.97. The fourth-order valence-corrected chi connectivity index (χ4v) is 3.39. The second-order valence-corrected chi connectivity index (χ2v) is 7.45. The molecule has 0 bridgehead atoms. The van der Waals surface area contributed by atoms with E-state index in [0.29, 0.717) is 29.9 Å². The number of nitrogens with two attached hydrogens (primary N) is 1. The molecule has 0 fully saturated rings. The van der Waals surface area contributed by atoms with Gasteiger partial charge in [-0.1, -0.05) is 12.1 Å². The van der Waals surface area contributed by atoms with Crippen molar-refractivity contribution in [3.05, 3.63) is 70.8 Å². The summed E-state index contributed by atoms with van der Waals surface area (Å²) < 4.78 is 50.3. The Labute approximate surface area is 187 Å². The van der Waals surface area contributed by atoms with Crippen LogP contribution in [0, 0.1) is 6.92 Å². The van der Waals surface area contributed by atoms with Crippen molar-refractivity contribution in [1.29, 1.82) is 0 Å². The largest absolute Gasteiger partial charge is 0.481 e. The number of nitrogen functional groups attached to an aromatic ring is 1. The molecule has 2 aromatic carbocycles. The van der Waals surface area contributed by atoms with Crippen molar-refractivity contribution in [2.75, 3.05) is 12.8 Å². The van der Waals surface area contributed by atoms with E-state index in [1.54, 1.807) is 18.2 Å². The van der Waals surface area contributed by atoms with Gasteiger partial charge in [-0.15, -0.1) is 0 Å². The number of methoxy groups -OCH3 is 1. The third kappa shape index (κ3) is 5.28. The van der Waals surface area contributed by atoms with Gasteiger partial charge in [0.05, 0.1) is 30.2 Å². The van der Waals surface area contributed by atoms with E-state index in [0.717, 1.165) is 11.3 Å². The summed E-state index contributed by atoms with van der Waals surface area (Å²) in [5.41, 5.74) is 8.01. The minimum atomic E-state index is -4.38. The number of alkyl halides is 3. The van der Waals surface area contributed by atoms with Gasteiger partial charge >= 0.3 is 6.18 Å². The molecular formula is C23H20F3N5O2. The lowest BCUT2D eigenvalue weighted by molar-refractivity contribution is -0.138. The van der Waals surface area contributed by atoms with Gasteiger partial charge in [0.2, 0.25) is 17.7 Å². The molecular weight excluding hydrogens is 435 g/mol. The van der Waals surface area contributed by atoms with E-state index in [1.165, 1.54) is 32.2 Å². The van der Waals surface area contributed by atoms with Crippen LogP contribution in [0.2, 0.25) is 0 Å². The van der Waals surface area contributed by atoms with Crippen molar-refractivity contribution in [1.82, 2.24) is 9.97 Å². The molecule has 10 heteroatoms. The zero-order valence-corrected chi connectivity index (χ0v) is 17.8. The van der Waals surface area contributed by atoms with Crippen LogP contribution >= 0.6 is 0 Å². The molecule has 0 saturated carbocycles. The van der Waals surface area contributed by atoms with Gasteiger partial charge < -0.3 is 15.2 Å². The molecule has 0 aliphatic carbocycles. The normalized spacial score (nSPS) is 13.5. The summed E-state index contributed by atoms with van der Waals surface area (Å²) in [6.45, 7) is 1.45. The average Bonchev–Trinajstić information content (AvgIpc) is 3.23. The Morgan fingerprint density at radius 3 is 2.39 bits per heavy atom. The molecule has 2 heterocycles. The van der Waals surface area contributed by atoms with Crippen molar-refractivity contribution in [3.63, 3.8) is 0 Å². The lowest BCUT2D eigenvalue weighted by Gasteiger charge is -2.12. The number of nitrogens with zero attached hydrogens (tertiary/aromatic N) is 4. The third-order valence-electron chi connectivity index (χ3n) is 5.01. The quantitative estimate of drug-likeness (QED) is 0.566. The number of halogens is 3. The Balaban J connectivity index is 1.40. The zero-order chi connectivity index (χ0) is 23.6. The highest BCUT2D eigenvalue weighted by Crippen LogP contribution is 2.32. The Morgan fingerprint density at radius 1 is 0.970 bits per heavy atom. The topological polar surface area (TPSA) is 95.0 Å². The molecule has 0 radical (unpaired) electrons. The van der Waals surface area contributed by atoms with Crippen LogP contribution in [0.15, 0.2) is 58.7 Å². The summed E-state index contributed by atoms with van der Waals surface area (Å²) in [6.07, 6.45) is -3.63. The van der Waals surface area contributed by atoms with Crippen molar-refractivity contribution < 1.29 is 22.6 Å². The number of hydrogen-bond donors (Lipinski definition) is 1. The maximum Gasteiger partial charge on any atom is 0.416 e. The maximum atomic E-state index is 13.2. The summed E-state index contributed by atoms with van der Waals surface area (Å²) in [5, 5.41) is 8.38. The van der Waals surface area contributed by atoms with Crippen molar-refractivity contribution >= 4 is 17.4 Å². The first kappa shape index (κ1) is 22.3. The molecule has 0 atom stereocenters. The van der Waals surface area contributed by atoms with E-state index in [1.807, 2.05) is 12.1 Å². The lowest BCUT2D eigenvalue weighted by atomic mass is 9.98. The summed E-state index contributed by atoms with van der Waals surface area (Å²) in [4.78, 5) is 7.90. The highest BCUT2D eigenvalue weighted by molar-refractivity contribution is 6.15. The van der Waals surface area contributed by atoms with Crippen LogP contribution in [0.4, 0.5) is 19.1 Å². The van der Waals surface area contributed by atoms with E-state index in [2.05, 4.69) is 20.2 Å². The minimum absolute atomic E-state index is 0.0295. The number of hydrogen-bond acceptors (Lipinski definition) is 7. The SMILES string of the molecule is COc1cc(Oc2ccc(C3=NN=C(Cc4ccc(C)c(C(F)(F)F)c4)C3)cc2)nc(N)n1. The molecule has 7 nitrogen and oxygen atoms in total. The zero-order valence-electron chi connectivity index (χ0n) is 17.8. The summed E-state index contributed by atoms with van der Waals surface area (Å²) in [6, 6.07) is 13.0. The van der Waals surface area contributed by atoms with Crippen LogP contribution in [0.25, 0.3) is 0 Å². The lowest BCUT2D eigenvalue weighted by Crippen LogP contribution is -2.10. The monoisotopic (exact) mass is 455 g/mol. The van der Waals surface area contributed by atoms with Crippen LogP contribution in [-0.2, 0) is 12.6 Å². The van der Waals surface area contributed by atoms with Crippen LogP contribution in [0.1, 0.15) is 28.7 Å². The van der Waals surface area contributed by atoms with Crippen LogP contribution in [0.5, 0.6) is 17.5 Å². The molecule has 1 aliphatic heterocycles. The number of ether oxygens (including phenoxy) is 2. The Morgan fingerprint density at radius 2 is 1.70 bits per heavy atom. The second kappa shape index (κ2) is 8.89. The maximum absolute atomic E-state index is 13.2. The Bertz CT molecular complexity index is 1240. The summed E-state index contributed by atoms with van der Waals surface area (Å²) in [5.74, 6) is 1.09. The molecule has 170 valence electrons. The number of rotatable bonds is 6.